The highest BCUT2D eigenvalue weighted by molar-refractivity contribution is 9.10. The number of carbonyl (C=O) groups excluding carboxylic acids is 1. The van der Waals surface area contributed by atoms with E-state index in [0.717, 1.165) is 15.5 Å². The van der Waals surface area contributed by atoms with Gasteiger partial charge in [-0.05, 0) is 37.3 Å². The molecule has 5 nitrogen and oxygen atoms in total. The molecule has 7 heteroatoms. The Hall–Kier alpha value is -1.18. The Morgan fingerprint density at radius 3 is 3.05 bits per heavy atom. The molecule has 1 aromatic heterocycles. The third-order valence-electron chi connectivity index (χ3n) is 3.05. The van der Waals surface area contributed by atoms with E-state index in [2.05, 4.69) is 26.2 Å². The van der Waals surface area contributed by atoms with Crippen LogP contribution in [0, 0.1) is 4.77 Å². The number of halogens is 1. The van der Waals surface area contributed by atoms with Crippen LogP contribution in [0.4, 0.5) is 0 Å². The summed E-state index contributed by atoms with van der Waals surface area (Å²) in [6.07, 6.45) is 0. The molecule has 0 aliphatic heterocycles. The van der Waals surface area contributed by atoms with E-state index in [0.29, 0.717) is 17.9 Å². The molecular formula is C13H16BrN3O2S. The van der Waals surface area contributed by atoms with Gasteiger partial charge in [-0.25, -0.2) is 0 Å². The summed E-state index contributed by atoms with van der Waals surface area (Å²) in [7, 11) is 1.60. The summed E-state index contributed by atoms with van der Waals surface area (Å²) in [5.74, 6) is -0.0815. The summed E-state index contributed by atoms with van der Waals surface area (Å²) in [6.45, 7) is 2.80. The average molecular weight is 358 g/mol. The second-order valence-electron chi connectivity index (χ2n) is 4.42. The Kier molecular flexibility index (Phi) is 4.95. The predicted molar refractivity (Wildman–Crippen MR) is 84.4 cm³/mol. The van der Waals surface area contributed by atoms with Gasteiger partial charge < -0.3 is 19.6 Å². The molecule has 1 amide bonds. The number of hydrogen-bond acceptors (Lipinski definition) is 3. The lowest BCUT2D eigenvalue weighted by Crippen LogP contribution is -2.33. The van der Waals surface area contributed by atoms with Crippen molar-refractivity contribution < 1.29 is 9.53 Å². The first-order valence-corrected chi connectivity index (χ1v) is 7.41. The number of hydrogen-bond donors (Lipinski definition) is 2. The summed E-state index contributed by atoms with van der Waals surface area (Å²) in [5, 5.41) is 2.82. The predicted octanol–water partition coefficient (Wildman–Crippen LogP) is 2.78. The van der Waals surface area contributed by atoms with E-state index in [1.807, 2.05) is 29.7 Å². The van der Waals surface area contributed by atoms with Gasteiger partial charge in [0.2, 0.25) is 5.91 Å². The van der Waals surface area contributed by atoms with Crippen LogP contribution < -0.4 is 5.32 Å². The molecule has 0 fully saturated rings. The number of carbonyl (C=O) groups is 1. The third-order valence-corrected chi connectivity index (χ3v) is 3.84. The van der Waals surface area contributed by atoms with Gasteiger partial charge in [-0.1, -0.05) is 15.9 Å². The van der Waals surface area contributed by atoms with E-state index in [1.54, 1.807) is 7.11 Å². The van der Waals surface area contributed by atoms with E-state index >= 15 is 0 Å². The summed E-state index contributed by atoms with van der Waals surface area (Å²) in [4.78, 5) is 15.2. The van der Waals surface area contributed by atoms with Gasteiger partial charge in [-0.15, -0.1) is 0 Å². The maximum absolute atomic E-state index is 12.1. The molecule has 0 saturated carbocycles. The number of H-pyrrole nitrogens is 1. The zero-order valence-electron chi connectivity index (χ0n) is 11.3. The molecule has 20 heavy (non-hydrogen) atoms. The van der Waals surface area contributed by atoms with Crippen LogP contribution in [0.5, 0.6) is 0 Å². The second-order valence-corrected chi connectivity index (χ2v) is 5.72. The first kappa shape index (κ1) is 15.2. The van der Waals surface area contributed by atoms with Crippen LogP contribution in [-0.4, -0.2) is 35.7 Å². The van der Waals surface area contributed by atoms with Crippen molar-refractivity contribution in [2.24, 2.45) is 0 Å². The number of imidazole rings is 1. The molecule has 108 valence electrons. The number of amides is 1. The lowest BCUT2D eigenvalue weighted by Gasteiger charge is -2.14. The van der Waals surface area contributed by atoms with Gasteiger partial charge in [0.15, 0.2) is 4.77 Å². The van der Waals surface area contributed by atoms with Gasteiger partial charge in [-0.2, -0.15) is 0 Å². The molecule has 0 aliphatic carbocycles. The minimum atomic E-state index is -0.380. The fraction of sp³-hybridized carbons (Fsp3) is 0.385. The number of methoxy groups -OCH3 is 1. The molecule has 2 N–H and O–H groups in total. The summed E-state index contributed by atoms with van der Waals surface area (Å²) >= 11 is 8.73. The molecular weight excluding hydrogens is 342 g/mol. The molecule has 2 aromatic rings. The maximum Gasteiger partial charge on any atom is 0.242 e. The largest absolute Gasteiger partial charge is 0.383 e. The van der Waals surface area contributed by atoms with Gasteiger partial charge in [0.25, 0.3) is 0 Å². The van der Waals surface area contributed by atoms with Crippen LogP contribution >= 0.6 is 28.1 Å². The van der Waals surface area contributed by atoms with E-state index in [4.69, 9.17) is 17.0 Å². The molecule has 1 heterocycles. The zero-order valence-corrected chi connectivity index (χ0v) is 13.7. The molecule has 0 bridgehead atoms. The molecule has 1 aromatic carbocycles. The van der Waals surface area contributed by atoms with Crippen molar-refractivity contribution >= 4 is 45.1 Å². The number of rotatable bonds is 5. The van der Waals surface area contributed by atoms with Crippen molar-refractivity contribution in [2.75, 3.05) is 20.3 Å². The molecule has 0 aliphatic rings. The van der Waals surface area contributed by atoms with Crippen molar-refractivity contribution in [3.05, 3.63) is 27.4 Å². The molecule has 0 spiro atoms. The second kappa shape index (κ2) is 6.51. The van der Waals surface area contributed by atoms with Crippen LogP contribution in [0.2, 0.25) is 0 Å². The van der Waals surface area contributed by atoms with Gasteiger partial charge in [0.05, 0.1) is 17.6 Å². The molecule has 0 radical (unpaired) electrons. The average Bonchev–Trinajstić information content (AvgIpc) is 2.73. The van der Waals surface area contributed by atoms with Crippen molar-refractivity contribution in [3.8, 4) is 0 Å². The van der Waals surface area contributed by atoms with Gasteiger partial charge in [0, 0.05) is 18.1 Å². The Morgan fingerprint density at radius 1 is 1.60 bits per heavy atom. The highest BCUT2D eigenvalue weighted by Gasteiger charge is 2.18. The van der Waals surface area contributed by atoms with Crippen LogP contribution in [0.1, 0.15) is 13.0 Å². The fourth-order valence-electron chi connectivity index (χ4n) is 2.03. The van der Waals surface area contributed by atoms with Crippen molar-refractivity contribution in [1.82, 2.24) is 14.9 Å². The van der Waals surface area contributed by atoms with E-state index in [-0.39, 0.29) is 11.9 Å². The van der Waals surface area contributed by atoms with Gasteiger partial charge in [0.1, 0.15) is 6.04 Å². The fourth-order valence-corrected chi connectivity index (χ4v) is 2.76. The van der Waals surface area contributed by atoms with Crippen molar-refractivity contribution in [2.45, 2.75) is 13.0 Å². The summed E-state index contributed by atoms with van der Waals surface area (Å²) in [5.41, 5.74) is 1.81. The standard InChI is InChI=1S/C13H16BrN3O2S/c1-8(12(18)15-5-6-19-2)17-11-4-3-9(14)7-10(11)16-13(17)20/h3-4,7-8H,5-6H2,1-2H3,(H,15,18)(H,16,20). The number of benzene rings is 1. The van der Waals surface area contributed by atoms with Crippen molar-refractivity contribution in [3.63, 3.8) is 0 Å². The number of aromatic amines is 1. The van der Waals surface area contributed by atoms with Gasteiger partial charge in [-0.3, -0.25) is 4.79 Å². The summed E-state index contributed by atoms with van der Waals surface area (Å²) in [6, 6.07) is 5.42. The maximum atomic E-state index is 12.1. The number of nitrogens with one attached hydrogen (secondary N) is 2. The lowest BCUT2D eigenvalue weighted by molar-refractivity contribution is -0.124. The monoisotopic (exact) mass is 357 g/mol. The number of ether oxygens (including phenoxy) is 1. The van der Waals surface area contributed by atoms with Crippen LogP contribution in [0.25, 0.3) is 11.0 Å². The number of fused-ring (bicyclic) bond motifs is 1. The molecule has 2 rings (SSSR count). The smallest absolute Gasteiger partial charge is 0.242 e. The Bertz CT molecular complexity index is 680. The number of aromatic nitrogens is 2. The quantitative estimate of drug-likeness (QED) is 0.638. The van der Waals surface area contributed by atoms with Crippen molar-refractivity contribution in [1.29, 1.82) is 0 Å². The SMILES string of the molecule is COCCNC(=O)C(C)n1c(=S)[nH]c2cc(Br)ccc21. The normalized spacial score (nSPS) is 12.6. The molecule has 1 unspecified atom stereocenters. The molecule has 0 saturated heterocycles. The topological polar surface area (TPSA) is 59.0 Å². The summed E-state index contributed by atoms with van der Waals surface area (Å²) < 4.78 is 8.23. The Balaban J connectivity index is 2.30. The van der Waals surface area contributed by atoms with Gasteiger partial charge >= 0.3 is 0 Å². The first-order valence-electron chi connectivity index (χ1n) is 6.21. The van der Waals surface area contributed by atoms with Crippen LogP contribution in [-0.2, 0) is 9.53 Å². The van der Waals surface area contributed by atoms with Crippen LogP contribution in [0.15, 0.2) is 22.7 Å². The first-order chi connectivity index (χ1) is 9.54. The minimum Gasteiger partial charge on any atom is -0.383 e. The van der Waals surface area contributed by atoms with E-state index in [1.165, 1.54) is 0 Å². The Labute approximate surface area is 130 Å². The highest BCUT2D eigenvalue weighted by atomic mass is 79.9. The lowest BCUT2D eigenvalue weighted by atomic mass is 10.2. The number of nitrogens with zero attached hydrogens (tertiary/aromatic N) is 1. The highest BCUT2D eigenvalue weighted by Crippen LogP contribution is 2.22. The molecule has 1 atom stereocenters. The minimum absolute atomic E-state index is 0.0815. The van der Waals surface area contributed by atoms with E-state index < -0.39 is 0 Å². The zero-order chi connectivity index (χ0) is 14.7. The Morgan fingerprint density at radius 2 is 2.35 bits per heavy atom. The van der Waals surface area contributed by atoms with Crippen LogP contribution in [0.3, 0.4) is 0 Å². The van der Waals surface area contributed by atoms with E-state index in [9.17, 15) is 4.79 Å². The third kappa shape index (κ3) is 3.11.